The van der Waals surface area contributed by atoms with Crippen molar-refractivity contribution in [3.8, 4) is 5.75 Å². The van der Waals surface area contributed by atoms with Crippen LogP contribution in [0.4, 0.5) is 0 Å². The van der Waals surface area contributed by atoms with Crippen molar-refractivity contribution in [1.29, 1.82) is 0 Å². The van der Waals surface area contributed by atoms with Crippen molar-refractivity contribution in [1.82, 2.24) is 4.57 Å². The summed E-state index contributed by atoms with van der Waals surface area (Å²) in [5.41, 5.74) is 0.542. The van der Waals surface area contributed by atoms with Crippen LogP contribution in [0, 0.1) is 0 Å². The van der Waals surface area contributed by atoms with Crippen LogP contribution in [-0.2, 0) is 4.74 Å². The first-order valence-corrected chi connectivity index (χ1v) is 11.7. The Morgan fingerprint density at radius 3 is 2.32 bits per heavy atom. The summed E-state index contributed by atoms with van der Waals surface area (Å²) in [5.74, 6) is 0.0484. The van der Waals surface area contributed by atoms with E-state index in [1.807, 2.05) is 34.0 Å². The highest BCUT2D eigenvalue weighted by atomic mass is 79.9. The second-order valence-corrected chi connectivity index (χ2v) is 7.16. The molecule has 1 aromatic carbocycles. The van der Waals surface area contributed by atoms with Crippen LogP contribution in [0.3, 0.4) is 0 Å². The number of carbonyl (C=O) groups excluding carboxylic acids is 1. The maximum absolute atomic E-state index is 13.0. The van der Waals surface area contributed by atoms with E-state index >= 15 is 0 Å². The van der Waals surface area contributed by atoms with Gasteiger partial charge in [0.25, 0.3) is 0 Å². The third kappa shape index (κ3) is 4.74. The maximum atomic E-state index is 13.0. The Balaban J connectivity index is 0.000000921. The summed E-state index contributed by atoms with van der Waals surface area (Å²) in [6.07, 6.45) is 3.90. The minimum Gasteiger partial charge on any atom is -0.493 e. The third-order valence-electron chi connectivity index (χ3n) is 4.02. The zero-order chi connectivity index (χ0) is 21.4. The van der Waals surface area contributed by atoms with E-state index in [1.54, 1.807) is 26.2 Å². The topological polar surface area (TPSA) is 57.5 Å². The number of benzene rings is 1. The van der Waals surface area contributed by atoms with Gasteiger partial charge in [-0.3, -0.25) is 4.79 Å². The van der Waals surface area contributed by atoms with Gasteiger partial charge in [-0.1, -0.05) is 27.7 Å². The second-order valence-electron chi connectivity index (χ2n) is 5.51. The summed E-state index contributed by atoms with van der Waals surface area (Å²) in [7, 11) is 1.58. The lowest BCUT2D eigenvalue weighted by Gasteiger charge is -2.20. The normalized spacial score (nSPS) is 12.4. The number of nitrogens with zero attached hydrogens (tertiary/aromatic N) is 1. The fourth-order valence-corrected chi connectivity index (χ4v) is 4.18. The van der Waals surface area contributed by atoms with Gasteiger partial charge in [0.1, 0.15) is 5.56 Å². The second kappa shape index (κ2) is 11.5. The Bertz CT molecular complexity index is 875. The van der Waals surface area contributed by atoms with Gasteiger partial charge in [-0.25, -0.2) is 4.79 Å². The Morgan fingerprint density at radius 1 is 1.25 bits per heavy atom. The van der Waals surface area contributed by atoms with Crippen LogP contribution in [0.15, 0.2) is 26.4 Å². The maximum Gasteiger partial charge on any atom is 0.344 e. The molecule has 1 fully saturated rings. The summed E-state index contributed by atoms with van der Waals surface area (Å²) in [5, 5.41) is 1.12. The number of ether oxygens (including phenoxy) is 2. The molecule has 0 aliphatic heterocycles. The van der Waals surface area contributed by atoms with Gasteiger partial charge in [-0.15, -0.1) is 11.8 Å². The van der Waals surface area contributed by atoms with E-state index in [9.17, 15) is 9.59 Å². The minimum absolute atomic E-state index is 0.119. The smallest absolute Gasteiger partial charge is 0.344 e. The monoisotopic (exact) mass is 471 g/mol. The molecule has 0 spiro atoms. The highest BCUT2D eigenvalue weighted by Crippen LogP contribution is 2.44. The van der Waals surface area contributed by atoms with Crippen molar-refractivity contribution in [2.45, 2.75) is 58.5 Å². The Morgan fingerprint density at radius 2 is 1.86 bits per heavy atom. The number of carbonyl (C=O) groups is 1. The lowest BCUT2D eigenvalue weighted by Crippen LogP contribution is -2.23. The number of halogens is 1. The van der Waals surface area contributed by atoms with Gasteiger partial charge in [-0.05, 0) is 54.1 Å². The van der Waals surface area contributed by atoms with Gasteiger partial charge in [0.15, 0.2) is 5.75 Å². The van der Waals surface area contributed by atoms with Gasteiger partial charge in [0.2, 0.25) is 5.43 Å². The van der Waals surface area contributed by atoms with E-state index in [-0.39, 0.29) is 23.6 Å². The molecule has 28 heavy (non-hydrogen) atoms. The Hall–Kier alpha value is -1.47. The van der Waals surface area contributed by atoms with Crippen LogP contribution < -0.4 is 10.2 Å². The molecule has 1 heterocycles. The molecule has 1 aliphatic rings. The molecule has 0 atom stereocenters. The van der Waals surface area contributed by atoms with Crippen molar-refractivity contribution in [2.24, 2.45) is 0 Å². The van der Waals surface area contributed by atoms with Crippen molar-refractivity contribution in [3.63, 3.8) is 0 Å². The van der Waals surface area contributed by atoms with Gasteiger partial charge in [0, 0.05) is 6.04 Å². The van der Waals surface area contributed by atoms with E-state index in [2.05, 4.69) is 20.5 Å². The predicted molar refractivity (Wildman–Crippen MR) is 121 cm³/mol. The highest BCUT2D eigenvalue weighted by molar-refractivity contribution is 9.10. The number of thioether (sulfide) groups is 1. The number of pyridine rings is 1. The van der Waals surface area contributed by atoms with Gasteiger partial charge in [-0.2, -0.15) is 0 Å². The van der Waals surface area contributed by atoms with E-state index in [1.165, 1.54) is 11.8 Å². The van der Waals surface area contributed by atoms with Crippen molar-refractivity contribution in [2.75, 3.05) is 20.0 Å². The standard InChI is InChI=1S/C17H18BrNO4S.2C2H6/c1-4-23-17(21)12-14(20)10-7-8-11(18)15(22-2)13(10)19(9-5-6-9)16(12)24-3;2*1-2/h7-9H,4-6H2,1-3H3;2*1-2H3. The quantitative estimate of drug-likeness (QED) is 0.391. The summed E-state index contributed by atoms with van der Waals surface area (Å²) >= 11 is 4.88. The van der Waals surface area contributed by atoms with Crippen molar-refractivity contribution in [3.05, 3.63) is 32.4 Å². The lowest BCUT2D eigenvalue weighted by molar-refractivity contribution is 0.0519. The molecule has 5 nitrogen and oxygen atoms in total. The van der Waals surface area contributed by atoms with Crippen LogP contribution in [0.1, 0.15) is 63.9 Å². The fraction of sp³-hybridized carbons (Fsp3) is 0.524. The van der Waals surface area contributed by atoms with Crippen molar-refractivity contribution >= 4 is 44.6 Å². The SMILES string of the molecule is CC.CC.CCOC(=O)c1c(SC)n(C2CC2)c2c(OC)c(Br)ccc2c1=O. The largest absolute Gasteiger partial charge is 0.493 e. The predicted octanol–water partition coefficient (Wildman–Crippen LogP) is 6.06. The first-order chi connectivity index (χ1) is 13.5. The fourth-order valence-electron chi connectivity index (χ4n) is 2.88. The van der Waals surface area contributed by atoms with E-state index in [0.29, 0.717) is 16.2 Å². The number of hydrogen-bond acceptors (Lipinski definition) is 5. The molecule has 156 valence electrons. The number of hydrogen-bond donors (Lipinski definition) is 0. The van der Waals surface area contributed by atoms with E-state index in [4.69, 9.17) is 9.47 Å². The van der Waals surface area contributed by atoms with Gasteiger partial charge in [0.05, 0.1) is 34.1 Å². The molecule has 2 aromatic rings. The molecule has 0 bridgehead atoms. The van der Waals surface area contributed by atoms with Crippen LogP contribution >= 0.6 is 27.7 Å². The number of methoxy groups -OCH3 is 1. The van der Waals surface area contributed by atoms with E-state index < -0.39 is 5.97 Å². The van der Waals surface area contributed by atoms with Crippen molar-refractivity contribution < 1.29 is 14.3 Å². The number of fused-ring (bicyclic) bond motifs is 1. The first-order valence-electron chi connectivity index (χ1n) is 9.70. The van der Waals surface area contributed by atoms with Crippen LogP contribution in [0.5, 0.6) is 5.75 Å². The average molecular weight is 472 g/mol. The average Bonchev–Trinajstić information content (AvgIpc) is 3.55. The summed E-state index contributed by atoms with van der Waals surface area (Å²) in [6, 6.07) is 3.77. The zero-order valence-electron chi connectivity index (χ0n) is 17.7. The van der Waals surface area contributed by atoms with Crippen LogP contribution in [0.2, 0.25) is 0 Å². The highest BCUT2D eigenvalue weighted by Gasteiger charge is 2.33. The summed E-state index contributed by atoms with van der Waals surface area (Å²) in [6.45, 7) is 9.97. The Labute approximate surface area is 179 Å². The molecule has 1 aromatic heterocycles. The molecule has 0 amide bonds. The zero-order valence-corrected chi connectivity index (χ0v) is 20.1. The summed E-state index contributed by atoms with van der Waals surface area (Å²) in [4.78, 5) is 25.4. The number of esters is 1. The Kier molecular flexibility index (Phi) is 10.1. The van der Waals surface area contributed by atoms with Crippen LogP contribution in [0.25, 0.3) is 10.9 Å². The molecule has 7 heteroatoms. The molecule has 0 saturated heterocycles. The molecular weight excluding hydrogens is 442 g/mol. The molecule has 0 radical (unpaired) electrons. The molecule has 0 N–H and O–H groups in total. The molecular formula is C21H30BrNO4S. The molecule has 1 aliphatic carbocycles. The number of rotatable bonds is 5. The van der Waals surface area contributed by atoms with Crippen LogP contribution in [-0.4, -0.2) is 30.5 Å². The molecule has 1 saturated carbocycles. The minimum atomic E-state index is -0.565. The van der Waals surface area contributed by atoms with Gasteiger partial charge < -0.3 is 14.0 Å². The lowest BCUT2D eigenvalue weighted by atomic mass is 10.1. The third-order valence-corrected chi connectivity index (χ3v) is 5.43. The number of aromatic nitrogens is 1. The molecule has 3 rings (SSSR count). The van der Waals surface area contributed by atoms with Gasteiger partial charge >= 0.3 is 5.97 Å². The molecule has 0 unspecified atom stereocenters. The van der Waals surface area contributed by atoms with E-state index in [0.717, 1.165) is 22.8 Å². The first kappa shape index (κ1) is 24.6. The summed E-state index contributed by atoms with van der Waals surface area (Å²) < 4.78 is 13.5.